The first-order chi connectivity index (χ1) is 9.58. The van der Waals surface area contributed by atoms with Crippen molar-refractivity contribution >= 4 is 0 Å². The zero-order chi connectivity index (χ0) is 15.1. The van der Waals surface area contributed by atoms with Gasteiger partial charge in [0, 0.05) is 18.1 Å². The van der Waals surface area contributed by atoms with E-state index in [-0.39, 0.29) is 12.1 Å². The number of methoxy groups -OCH3 is 1. The zero-order valence-corrected chi connectivity index (χ0v) is 13.6. The van der Waals surface area contributed by atoms with E-state index in [4.69, 9.17) is 10.5 Å². The molecule has 0 saturated heterocycles. The van der Waals surface area contributed by atoms with Gasteiger partial charge in [0.15, 0.2) is 0 Å². The Kier molecular flexibility index (Phi) is 7.03. The summed E-state index contributed by atoms with van der Waals surface area (Å²) in [4.78, 5) is 2.44. The summed E-state index contributed by atoms with van der Waals surface area (Å²) < 4.78 is 5.24. The van der Waals surface area contributed by atoms with Crippen LogP contribution in [0.15, 0.2) is 24.3 Å². The quantitative estimate of drug-likeness (QED) is 0.789. The number of benzene rings is 1. The molecular weight excluding hydrogens is 248 g/mol. The van der Waals surface area contributed by atoms with Gasteiger partial charge >= 0.3 is 0 Å². The highest BCUT2D eigenvalue weighted by atomic mass is 16.5. The molecular formula is C17H30N2O. The summed E-state index contributed by atoms with van der Waals surface area (Å²) in [6.07, 6.45) is 3.27. The van der Waals surface area contributed by atoms with Crippen LogP contribution in [0.4, 0.5) is 0 Å². The predicted octanol–water partition coefficient (Wildman–Crippen LogP) is 3.59. The van der Waals surface area contributed by atoms with Crippen LogP contribution in [0.2, 0.25) is 0 Å². The SMILES string of the molecule is CCC(N)C(c1ccc(OC)cc1)N(C)C(CC)CC. The van der Waals surface area contributed by atoms with E-state index in [0.29, 0.717) is 6.04 Å². The molecule has 0 radical (unpaired) electrons. The Balaban J connectivity index is 3.04. The smallest absolute Gasteiger partial charge is 0.118 e. The summed E-state index contributed by atoms with van der Waals surface area (Å²) in [5.41, 5.74) is 7.67. The average molecular weight is 278 g/mol. The number of nitrogens with zero attached hydrogens (tertiary/aromatic N) is 1. The molecule has 0 aliphatic rings. The van der Waals surface area contributed by atoms with E-state index in [1.165, 1.54) is 5.56 Å². The van der Waals surface area contributed by atoms with E-state index in [1.807, 2.05) is 12.1 Å². The third kappa shape index (κ3) is 3.97. The number of nitrogens with two attached hydrogens (primary N) is 1. The van der Waals surface area contributed by atoms with Gasteiger partial charge in [-0.05, 0) is 44.0 Å². The second kappa shape index (κ2) is 8.28. The van der Waals surface area contributed by atoms with Gasteiger partial charge in [-0.25, -0.2) is 0 Å². The lowest BCUT2D eigenvalue weighted by molar-refractivity contribution is 0.140. The maximum atomic E-state index is 6.39. The summed E-state index contributed by atoms with van der Waals surface area (Å²) in [7, 11) is 3.89. The van der Waals surface area contributed by atoms with Gasteiger partial charge in [-0.3, -0.25) is 4.90 Å². The Labute approximate surface area is 124 Å². The summed E-state index contributed by atoms with van der Waals surface area (Å²) in [5, 5.41) is 0. The molecule has 114 valence electrons. The predicted molar refractivity (Wildman–Crippen MR) is 86.1 cm³/mol. The largest absolute Gasteiger partial charge is 0.497 e. The van der Waals surface area contributed by atoms with Crippen molar-refractivity contribution in [3.05, 3.63) is 29.8 Å². The van der Waals surface area contributed by atoms with Gasteiger partial charge < -0.3 is 10.5 Å². The number of rotatable bonds is 8. The Bertz CT molecular complexity index is 373. The summed E-state index contributed by atoms with van der Waals surface area (Å²) in [5.74, 6) is 0.891. The molecule has 0 aliphatic heterocycles. The highest BCUT2D eigenvalue weighted by Gasteiger charge is 2.26. The molecule has 2 unspecified atom stereocenters. The van der Waals surface area contributed by atoms with Crippen molar-refractivity contribution in [1.29, 1.82) is 0 Å². The molecule has 0 fully saturated rings. The highest BCUT2D eigenvalue weighted by molar-refractivity contribution is 5.30. The zero-order valence-electron chi connectivity index (χ0n) is 13.6. The van der Waals surface area contributed by atoms with Gasteiger partial charge in [0.2, 0.25) is 0 Å². The molecule has 3 heteroatoms. The van der Waals surface area contributed by atoms with Crippen molar-refractivity contribution in [1.82, 2.24) is 4.90 Å². The second-order valence-electron chi connectivity index (χ2n) is 5.43. The van der Waals surface area contributed by atoms with Crippen molar-refractivity contribution in [2.24, 2.45) is 5.73 Å². The molecule has 0 amide bonds. The second-order valence-corrected chi connectivity index (χ2v) is 5.43. The molecule has 1 aromatic carbocycles. The van der Waals surface area contributed by atoms with Crippen molar-refractivity contribution in [3.8, 4) is 5.75 Å². The number of ether oxygens (including phenoxy) is 1. The summed E-state index contributed by atoms with van der Waals surface area (Å²) >= 11 is 0. The van der Waals surface area contributed by atoms with Crippen LogP contribution >= 0.6 is 0 Å². The normalized spacial score (nSPS) is 14.6. The highest BCUT2D eigenvalue weighted by Crippen LogP contribution is 2.28. The number of hydrogen-bond acceptors (Lipinski definition) is 3. The first kappa shape index (κ1) is 17.0. The van der Waals surface area contributed by atoms with E-state index in [1.54, 1.807) is 7.11 Å². The third-order valence-electron chi connectivity index (χ3n) is 4.29. The van der Waals surface area contributed by atoms with Crippen LogP contribution in [0.5, 0.6) is 5.75 Å². The molecule has 1 rings (SSSR count). The summed E-state index contributed by atoms with van der Waals surface area (Å²) in [6, 6.07) is 9.29. The number of hydrogen-bond donors (Lipinski definition) is 1. The fraction of sp³-hybridized carbons (Fsp3) is 0.647. The molecule has 1 aromatic rings. The van der Waals surface area contributed by atoms with Crippen LogP contribution in [0, 0.1) is 0 Å². The van der Waals surface area contributed by atoms with Crippen molar-refractivity contribution in [2.75, 3.05) is 14.2 Å². The van der Waals surface area contributed by atoms with Crippen molar-refractivity contribution < 1.29 is 4.74 Å². The van der Waals surface area contributed by atoms with E-state index in [9.17, 15) is 0 Å². The molecule has 3 nitrogen and oxygen atoms in total. The minimum Gasteiger partial charge on any atom is -0.497 e. The van der Waals surface area contributed by atoms with Gasteiger partial charge in [0.05, 0.1) is 7.11 Å². The van der Waals surface area contributed by atoms with Crippen molar-refractivity contribution in [2.45, 2.75) is 58.2 Å². The first-order valence-corrected chi connectivity index (χ1v) is 7.70. The first-order valence-electron chi connectivity index (χ1n) is 7.70. The molecule has 0 aliphatic carbocycles. The minimum absolute atomic E-state index is 0.147. The lowest BCUT2D eigenvalue weighted by Gasteiger charge is -2.38. The molecule has 2 atom stereocenters. The number of likely N-dealkylation sites (N-methyl/N-ethyl adjacent to an activating group) is 1. The fourth-order valence-electron chi connectivity index (χ4n) is 2.90. The Morgan fingerprint density at radius 1 is 1.05 bits per heavy atom. The van der Waals surface area contributed by atoms with Gasteiger partial charge in [-0.1, -0.05) is 32.9 Å². The van der Waals surface area contributed by atoms with Gasteiger partial charge in [-0.15, -0.1) is 0 Å². The van der Waals surface area contributed by atoms with E-state index < -0.39 is 0 Å². The molecule has 0 spiro atoms. The van der Waals surface area contributed by atoms with Crippen LogP contribution in [0.3, 0.4) is 0 Å². The molecule has 0 aromatic heterocycles. The van der Waals surface area contributed by atoms with Gasteiger partial charge in [-0.2, -0.15) is 0 Å². The monoisotopic (exact) mass is 278 g/mol. The lowest BCUT2D eigenvalue weighted by Crippen LogP contribution is -2.43. The maximum Gasteiger partial charge on any atom is 0.118 e. The van der Waals surface area contributed by atoms with Gasteiger partial charge in [0.1, 0.15) is 5.75 Å². The topological polar surface area (TPSA) is 38.5 Å². The Morgan fingerprint density at radius 2 is 1.60 bits per heavy atom. The maximum absolute atomic E-state index is 6.39. The van der Waals surface area contributed by atoms with E-state index >= 15 is 0 Å². The molecule has 0 bridgehead atoms. The van der Waals surface area contributed by atoms with E-state index in [2.05, 4.69) is 44.9 Å². The molecule has 20 heavy (non-hydrogen) atoms. The van der Waals surface area contributed by atoms with Crippen LogP contribution < -0.4 is 10.5 Å². The van der Waals surface area contributed by atoms with Gasteiger partial charge in [0.25, 0.3) is 0 Å². The van der Waals surface area contributed by atoms with Crippen LogP contribution in [0.1, 0.15) is 51.6 Å². The van der Waals surface area contributed by atoms with Crippen molar-refractivity contribution in [3.63, 3.8) is 0 Å². The summed E-state index contributed by atoms with van der Waals surface area (Å²) in [6.45, 7) is 6.64. The average Bonchev–Trinajstić information content (AvgIpc) is 2.49. The Morgan fingerprint density at radius 3 is 2.00 bits per heavy atom. The Hall–Kier alpha value is -1.06. The standard InChI is InChI=1S/C17H30N2O/c1-6-14(7-2)19(4)17(16(18)8-3)13-9-11-15(20-5)12-10-13/h9-12,14,16-17H,6-8,18H2,1-5H3. The van der Waals surface area contributed by atoms with Crippen LogP contribution in [-0.2, 0) is 0 Å². The minimum atomic E-state index is 0.147. The lowest BCUT2D eigenvalue weighted by atomic mass is 9.94. The molecule has 0 saturated carbocycles. The van der Waals surface area contributed by atoms with Crippen LogP contribution in [-0.4, -0.2) is 31.1 Å². The van der Waals surface area contributed by atoms with E-state index in [0.717, 1.165) is 25.0 Å². The fourth-order valence-corrected chi connectivity index (χ4v) is 2.90. The van der Waals surface area contributed by atoms with Crippen LogP contribution in [0.25, 0.3) is 0 Å². The molecule has 0 heterocycles. The third-order valence-corrected chi connectivity index (χ3v) is 4.29. The molecule has 2 N–H and O–H groups in total.